The molecule has 0 N–H and O–H groups in total. The molecule has 1 spiro atoms. The highest BCUT2D eigenvalue weighted by molar-refractivity contribution is 6.12. The van der Waals surface area contributed by atoms with Gasteiger partial charge in [-0.05, 0) is 109 Å². The van der Waals surface area contributed by atoms with Crippen molar-refractivity contribution >= 4 is 38.9 Å². The topological polar surface area (TPSA) is 8.17 Å². The molecule has 9 aromatic carbocycles. The number of rotatable bonds is 4. The van der Waals surface area contributed by atoms with Crippen LogP contribution in [0.2, 0.25) is 0 Å². The largest absolute Gasteiger partial charge is 0.310 e. The molecule has 63 heavy (non-hydrogen) atoms. The third kappa shape index (κ3) is 4.68. The van der Waals surface area contributed by atoms with Crippen LogP contribution in [0.15, 0.2) is 206 Å². The van der Waals surface area contributed by atoms with Crippen molar-refractivity contribution in [2.24, 2.45) is 0 Å². The SMILES string of the molecule is CC1(C)c2ccccc2-c2ccc(N(c3ccc(-c4ccccc4)cc3)c3cccc4c3C(C)(C)c3ccccc3C43c4ccccc4-n4c5ccccc5c5cccc3c54)cc21. The van der Waals surface area contributed by atoms with Crippen LogP contribution >= 0.6 is 0 Å². The number of aromatic nitrogens is 1. The van der Waals surface area contributed by atoms with E-state index in [1.165, 1.54) is 99.9 Å². The zero-order valence-corrected chi connectivity index (χ0v) is 36.0. The second kappa shape index (κ2) is 12.8. The summed E-state index contributed by atoms with van der Waals surface area (Å²) in [5.41, 5.74) is 22.0. The van der Waals surface area contributed by atoms with Gasteiger partial charge in [-0.15, -0.1) is 0 Å². The Balaban J connectivity index is 1.13. The standard InChI is InChI=1S/C61H46N2/c1-59(2)47-23-10-8-20-43(47)44-37-36-42(38-53(44)59)62(41-34-32-40(33-35-41)39-18-6-5-7-19-39)56-31-17-27-51-57(56)60(3,4)48-24-11-12-25-49(48)61(51)50-26-13-15-30-55(50)63-54-29-14-9-21-45(54)46-22-16-28-52(61)58(46)63/h5-38H,1-4H3. The summed E-state index contributed by atoms with van der Waals surface area (Å²) in [6, 6.07) is 77.8. The normalized spacial score (nSPS) is 16.9. The van der Waals surface area contributed by atoms with Crippen LogP contribution in [0.1, 0.15) is 72.2 Å². The molecule has 0 fully saturated rings. The Morgan fingerprint density at radius 3 is 1.79 bits per heavy atom. The minimum atomic E-state index is -0.595. The zero-order chi connectivity index (χ0) is 42.2. The summed E-state index contributed by atoms with van der Waals surface area (Å²) in [4.78, 5) is 2.56. The highest BCUT2D eigenvalue weighted by atomic mass is 15.1. The lowest BCUT2D eigenvalue weighted by Crippen LogP contribution is -2.44. The number of benzene rings is 9. The molecule has 0 amide bonds. The summed E-state index contributed by atoms with van der Waals surface area (Å²) in [6.07, 6.45) is 0. The fraction of sp³-hybridized carbons (Fsp3) is 0.115. The summed E-state index contributed by atoms with van der Waals surface area (Å²) in [5, 5.41) is 2.57. The van der Waals surface area contributed by atoms with Gasteiger partial charge in [-0.25, -0.2) is 0 Å². The van der Waals surface area contributed by atoms with Crippen molar-refractivity contribution in [1.29, 1.82) is 0 Å². The number of nitrogens with zero attached hydrogens (tertiary/aromatic N) is 2. The molecule has 3 aliphatic rings. The number of hydrogen-bond donors (Lipinski definition) is 0. The van der Waals surface area contributed by atoms with Gasteiger partial charge in [0.2, 0.25) is 0 Å². The lowest BCUT2D eigenvalue weighted by Gasteiger charge is -2.51. The van der Waals surface area contributed by atoms with Crippen LogP contribution in [0.25, 0.3) is 49.7 Å². The van der Waals surface area contributed by atoms with Crippen LogP contribution in [-0.4, -0.2) is 4.57 Å². The van der Waals surface area contributed by atoms with Gasteiger partial charge in [0.25, 0.3) is 0 Å². The monoisotopic (exact) mass is 806 g/mol. The third-order valence-corrected chi connectivity index (χ3v) is 15.0. The van der Waals surface area contributed by atoms with Crippen LogP contribution in [0.4, 0.5) is 17.1 Å². The lowest BCUT2D eigenvalue weighted by atomic mass is 9.53. The molecule has 0 saturated heterocycles. The second-order valence-corrected chi connectivity index (χ2v) is 18.8. The van der Waals surface area contributed by atoms with E-state index in [1.54, 1.807) is 0 Å². The number of anilines is 3. The molecule has 2 nitrogen and oxygen atoms in total. The van der Waals surface area contributed by atoms with Crippen LogP contribution in [-0.2, 0) is 16.2 Å². The first-order valence-electron chi connectivity index (χ1n) is 22.4. The quantitative estimate of drug-likeness (QED) is 0.172. The van der Waals surface area contributed by atoms with E-state index in [2.05, 4.69) is 243 Å². The Bertz CT molecular complexity index is 3510. The third-order valence-electron chi connectivity index (χ3n) is 15.0. The van der Waals surface area contributed by atoms with Gasteiger partial charge in [-0.2, -0.15) is 0 Å². The van der Waals surface area contributed by atoms with Gasteiger partial charge in [-0.3, -0.25) is 0 Å². The fourth-order valence-electron chi connectivity index (χ4n) is 12.3. The van der Waals surface area contributed by atoms with E-state index in [9.17, 15) is 0 Å². The van der Waals surface area contributed by atoms with Crippen molar-refractivity contribution in [2.45, 2.75) is 43.9 Å². The summed E-state index contributed by atoms with van der Waals surface area (Å²) < 4.78 is 2.54. The van der Waals surface area contributed by atoms with Crippen LogP contribution in [0.3, 0.4) is 0 Å². The van der Waals surface area contributed by atoms with Gasteiger partial charge in [0.1, 0.15) is 0 Å². The molecule has 0 radical (unpaired) electrons. The highest BCUT2D eigenvalue weighted by Gasteiger charge is 2.53. The molecule has 2 heteroatoms. The Kier molecular flexibility index (Phi) is 7.37. The Morgan fingerprint density at radius 2 is 0.968 bits per heavy atom. The molecule has 1 aromatic heterocycles. The van der Waals surface area contributed by atoms with E-state index in [-0.39, 0.29) is 10.8 Å². The molecular formula is C61H46N2. The number of fused-ring (bicyclic) bond motifs is 14. The van der Waals surface area contributed by atoms with Crippen LogP contribution < -0.4 is 4.90 Å². The number of para-hydroxylation sites is 3. The second-order valence-electron chi connectivity index (χ2n) is 18.8. The zero-order valence-electron chi connectivity index (χ0n) is 36.0. The Hall–Kier alpha value is -7.42. The molecule has 0 saturated carbocycles. The molecule has 1 aliphatic heterocycles. The average molecular weight is 807 g/mol. The molecule has 10 aromatic rings. The van der Waals surface area contributed by atoms with Crippen LogP contribution in [0, 0.1) is 0 Å². The first kappa shape index (κ1) is 36.3. The summed E-state index contributed by atoms with van der Waals surface area (Å²) >= 11 is 0. The number of hydrogen-bond acceptors (Lipinski definition) is 1. The van der Waals surface area contributed by atoms with Crippen molar-refractivity contribution in [3.63, 3.8) is 0 Å². The summed E-state index contributed by atoms with van der Waals surface area (Å²) in [6.45, 7) is 9.67. The van der Waals surface area contributed by atoms with Gasteiger partial charge < -0.3 is 9.47 Å². The average Bonchev–Trinajstić information content (AvgIpc) is 3.78. The van der Waals surface area contributed by atoms with E-state index in [1.807, 2.05) is 0 Å². The minimum absolute atomic E-state index is 0.147. The van der Waals surface area contributed by atoms with Crippen molar-refractivity contribution in [1.82, 2.24) is 4.57 Å². The molecule has 300 valence electrons. The minimum Gasteiger partial charge on any atom is -0.310 e. The van der Waals surface area contributed by atoms with Gasteiger partial charge in [0, 0.05) is 33.0 Å². The molecule has 2 aliphatic carbocycles. The maximum atomic E-state index is 2.56. The van der Waals surface area contributed by atoms with Crippen molar-refractivity contribution < 1.29 is 0 Å². The molecule has 2 heterocycles. The first-order chi connectivity index (χ1) is 30.8. The van der Waals surface area contributed by atoms with Gasteiger partial charge >= 0.3 is 0 Å². The fourth-order valence-corrected chi connectivity index (χ4v) is 12.3. The highest BCUT2D eigenvalue weighted by Crippen LogP contribution is 2.63. The predicted octanol–water partition coefficient (Wildman–Crippen LogP) is 15.6. The predicted molar refractivity (Wildman–Crippen MR) is 262 cm³/mol. The van der Waals surface area contributed by atoms with E-state index in [0.29, 0.717) is 0 Å². The summed E-state index contributed by atoms with van der Waals surface area (Å²) in [5.74, 6) is 0. The van der Waals surface area contributed by atoms with E-state index < -0.39 is 5.41 Å². The van der Waals surface area contributed by atoms with Crippen molar-refractivity contribution in [3.05, 3.63) is 251 Å². The summed E-state index contributed by atoms with van der Waals surface area (Å²) in [7, 11) is 0. The molecule has 0 bridgehead atoms. The lowest BCUT2D eigenvalue weighted by molar-refractivity contribution is 0.557. The van der Waals surface area contributed by atoms with Gasteiger partial charge in [-0.1, -0.05) is 191 Å². The molecule has 1 atom stereocenters. The van der Waals surface area contributed by atoms with E-state index in [0.717, 1.165) is 11.4 Å². The smallest absolute Gasteiger partial charge is 0.0749 e. The van der Waals surface area contributed by atoms with E-state index in [4.69, 9.17) is 0 Å². The van der Waals surface area contributed by atoms with Crippen LogP contribution in [0.5, 0.6) is 0 Å². The van der Waals surface area contributed by atoms with Crippen molar-refractivity contribution in [3.8, 4) is 27.9 Å². The Morgan fingerprint density at radius 1 is 0.381 bits per heavy atom. The molecule has 13 rings (SSSR count). The molecular weight excluding hydrogens is 761 g/mol. The van der Waals surface area contributed by atoms with Crippen molar-refractivity contribution in [2.75, 3.05) is 4.90 Å². The van der Waals surface area contributed by atoms with E-state index >= 15 is 0 Å². The first-order valence-corrected chi connectivity index (χ1v) is 22.4. The Labute approximate surface area is 369 Å². The maximum Gasteiger partial charge on any atom is 0.0749 e. The maximum absolute atomic E-state index is 2.56. The van der Waals surface area contributed by atoms with Gasteiger partial charge in [0.05, 0.1) is 27.8 Å². The van der Waals surface area contributed by atoms with Gasteiger partial charge in [0.15, 0.2) is 0 Å². The molecule has 1 unspecified atom stereocenters.